The van der Waals surface area contributed by atoms with Gasteiger partial charge in [-0.1, -0.05) is 42.5 Å². The lowest BCUT2D eigenvalue weighted by molar-refractivity contribution is -0.125. The van der Waals surface area contributed by atoms with Crippen LogP contribution < -0.4 is 16.4 Å². The molecule has 0 aliphatic carbocycles. The number of rotatable bonds is 7. The smallest absolute Gasteiger partial charge is 0.248 e. The molecular weight excluding hydrogens is 306 g/mol. The molecule has 6 nitrogen and oxygen atoms in total. The molecule has 3 amide bonds. The van der Waals surface area contributed by atoms with E-state index in [-0.39, 0.29) is 31.3 Å². The van der Waals surface area contributed by atoms with Gasteiger partial charge < -0.3 is 16.4 Å². The zero-order valence-corrected chi connectivity index (χ0v) is 13.1. The number of nitrogens with two attached hydrogens (primary N) is 1. The first-order chi connectivity index (χ1) is 11.5. The second-order valence-electron chi connectivity index (χ2n) is 5.28. The monoisotopic (exact) mass is 325 g/mol. The number of hydrogen-bond acceptors (Lipinski definition) is 3. The minimum absolute atomic E-state index is 0.0961. The van der Waals surface area contributed by atoms with Gasteiger partial charge in [0.25, 0.3) is 0 Å². The van der Waals surface area contributed by atoms with Crippen LogP contribution in [0.5, 0.6) is 0 Å². The maximum atomic E-state index is 11.8. The molecule has 2 aromatic rings. The summed E-state index contributed by atoms with van der Waals surface area (Å²) in [6, 6.07) is 16.0. The predicted molar refractivity (Wildman–Crippen MR) is 90.0 cm³/mol. The van der Waals surface area contributed by atoms with Crippen LogP contribution in [-0.4, -0.2) is 24.3 Å². The molecule has 2 aromatic carbocycles. The van der Waals surface area contributed by atoms with Crippen LogP contribution in [0.4, 0.5) is 0 Å². The van der Waals surface area contributed by atoms with Crippen LogP contribution >= 0.6 is 0 Å². The molecule has 124 valence electrons. The second-order valence-corrected chi connectivity index (χ2v) is 5.28. The van der Waals surface area contributed by atoms with Gasteiger partial charge in [-0.15, -0.1) is 0 Å². The van der Waals surface area contributed by atoms with E-state index in [1.165, 1.54) is 0 Å². The molecule has 0 bridgehead atoms. The van der Waals surface area contributed by atoms with Gasteiger partial charge in [0.15, 0.2) is 0 Å². The van der Waals surface area contributed by atoms with Crippen LogP contribution in [0, 0.1) is 0 Å². The van der Waals surface area contributed by atoms with Gasteiger partial charge in [0.2, 0.25) is 17.7 Å². The fraction of sp³-hybridized carbons (Fsp3) is 0.167. The highest BCUT2D eigenvalue weighted by atomic mass is 16.2. The molecule has 0 heterocycles. The number of carbonyl (C=O) groups excluding carboxylic acids is 3. The average molecular weight is 325 g/mol. The summed E-state index contributed by atoms with van der Waals surface area (Å²) in [5, 5.41) is 5.25. The van der Waals surface area contributed by atoms with Crippen molar-refractivity contribution in [1.29, 1.82) is 0 Å². The number of hydrogen-bond donors (Lipinski definition) is 3. The first-order valence-corrected chi connectivity index (χ1v) is 7.50. The van der Waals surface area contributed by atoms with Crippen molar-refractivity contribution in [2.24, 2.45) is 5.73 Å². The molecule has 0 spiro atoms. The molecule has 0 saturated carbocycles. The van der Waals surface area contributed by atoms with E-state index >= 15 is 0 Å². The Morgan fingerprint density at radius 1 is 0.833 bits per heavy atom. The number of benzene rings is 2. The zero-order chi connectivity index (χ0) is 17.4. The van der Waals surface area contributed by atoms with E-state index in [1.54, 1.807) is 24.3 Å². The van der Waals surface area contributed by atoms with Gasteiger partial charge in [-0.2, -0.15) is 0 Å². The van der Waals surface area contributed by atoms with E-state index in [4.69, 9.17) is 5.73 Å². The number of nitrogens with one attached hydrogen (secondary N) is 2. The zero-order valence-electron chi connectivity index (χ0n) is 13.1. The third kappa shape index (κ3) is 5.57. The Hall–Kier alpha value is -3.15. The van der Waals surface area contributed by atoms with E-state index in [2.05, 4.69) is 10.6 Å². The van der Waals surface area contributed by atoms with Gasteiger partial charge in [-0.05, 0) is 23.3 Å². The van der Waals surface area contributed by atoms with Gasteiger partial charge in [0.05, 0.1) is 13.0 Å². The molecule has 0 fully saturated rings. The lowest BCUT2D eigenvalue weighted by Gasteiger charge is -2.08. The summed E-state index contributed by atoms with van der Waals surface area (Å²) in [5.41, 5.74) is 7.24. The number of carbonyl (C=O) groups is 3. The van der Waals surface area contributed by atoms with Crippen molar-refractivity contribution in [3.8, 4) is 0 Å². The summed E-state index contributed by atoms with van der Waals surface area (Å²) in [6.45, 7) is 0.162. The van der Waals surface area contributed by atoms with Gasteiger partial charge in [0, 0.05) is 12.1 Å². The lowest BCUT2D eigenvalue weighted by atomic mass is 10.1. The van der Waals surface area contributed by atoms with Gasteiger partial charge in [-0.25, -0.2) is 0 Å². The lowest BCUT2D eigenvalue weighted by Crippen LogP contribution is -2.37. The first-order valence-electron chi connectivity index (χ1n) is 7.50. The average Bonchev–Trinajstić information content (AvgIpc) is 2.59. The molecule has 0 saturated heterocycles. The predicted octanol–water partition coefficient (Wildman–Crippen LogP) is 0.761. The third-order valence-corrected chi connectivity index (χ3v) is 3.35. The Morgan fingerprint density at radius 3 is 2.25 bits per heavy atom. The van der Waals surface area contributed by atoms with Gasteiger partial charge in [0.1, 0.15) is 0 Å². The SMILES string of the molecule is NC(=O)c1cccc(CNC(=O)CNC(=O)Cc2ccccc2)c1. The largest absolute Gasteiger partial charge is 0.366 e. The molecule has 4 N–H and O–H groups in total. The molecule has 2 rings (SSSR count). The standard InChI is InChI=1S/C18H19N3O3/c19-18(24)15-8-4-7-14(9-15)11-20-17(23)12-21-16(22)10-13-5-2-1-3-6-13/h1-9H,10-12H2,(H2,19,24)(H,20,23)(H,21,22). The Labute approximate surface area is 140 Å². The molecule has 0 atom stereocenters. The molecule has 0 radical (unpaired) electrons. The highest BCUT2D eigenvalue weighted by Crippen LogP contribution is 2.04. The van der Waals surface area contributed by atoms with Crippen LogP contribution in [0.2, 0.25) is 0 Å². The second kappa shape index (κ2) is 8.47. The van der Waals surface area contributed by atoms with Crippen molar-refractivity contribution in [2.75, 3.05) is 6.54 Å². The summed E-state index contributed by atoms with van der Waals surface area (Å²) in [7, 11) is 0. The maximum absolute atomic E-state index is 11.8. The fourth-order valence-corrected chi connectivity index (χ4v) is 2.12. The highest BCUT2D eigenvalue weighted by Gasteiger charge is 2.07. The van der Waals surface area contributed by atoms with Gasteiger partial charge >= 0.3 is 0 Å². The topological polar surface area (TPSA) is 101 Å². The summed E-state index contributed by atoms with van der Waals surface area (Å²) in [4.78, 5) is 34.6. The van der Waals surface area contributed by atoms with E-state index in [9.17, 15) is 14.4 Å². The van der Waals surface area contributed by atoms with E-state index < -0.39 is 5.91 Å². The summed E-state index contributed by atoms with van der Waals surface area (Å²) in [5.74, 6) is -1.04. The highest BCUT2D eigenvalue weighted by molar-refractivity contribution is 5.93. The number of primary amides is 1. The third-order valence-electron chi connectivity index (χ3n) is 3.35. The minimum atomic E-state index is -0.517. The Balaban J connectivity index is 1.74. The van der Waals surface area contributed by atoms with E-state index in [0.29, 0.717) is 5.56 Å². The Kier molecular flexibility index (Phi) is 6.08. The molecule has 24 heavy (non-hydrogen) atoms. The molecule has 6 heteroatoms. The van der Waals surface area contributed by atoms with Gasteiger partial charge in [-0.3, -0.25) is 14.4 Å². The van der Waals surface area contributed by atoms with Crippen molar-refractivity contribution in [2.45, 2.75) is 13.0 Å². The van der Waals surface area contributed by atoms with Crippen molar-refractivity contribution < 1.29 is 14.4 Å². The first kappa shape index (κ1) is 17.2. The van der Waals surface area contributed by atoms with Crippen molar-refractivity contribution in [3.63, 3.8) is 0 Å². The normalized spacial score (nSPS) is 10.0. The molecular formula is C18H19N3O3. The molecule has 0 aliphatic rings. The van der Waals surface area contributed by atoms with Crippen LogP contribution in [0.15, 0.2) is 54.6 Å². The van der Waals surface area contributed by atoms with Crippen molar-refractivity contribution in [1.82, 2.24) is 10.6 Å². The molecule has 0 aliphatic heterocycles. The summed E-state index contributed by atoms with van der Waals surface area (Å²) >= 11 is 0. The van der Waals surface area contributed by atoms with Crippen molar-refractivity contribution in [3.05, 3.63) is 71.3 Å². The quantitative estimate of drug-likeness (QED) is 0.700. The Bertz CT molecular complexity index is 729. The number of amides is 3. The molecule has 0 aromatic heterocycles. The van der Waals surface area contributed by atoms with Crippen LogP contribution in [0.1, 0.15) is 21.5 Å². The summed E-state index contributed by atoms with van der Waals surface area (Å²) < 4.78 is 0. The van der Waals surface area contributed by atoms with Crippen LogP contribution in [-0.2, 0) is 22.6 Å². The Morgan fingerprint density at radius 2 is 1.54 bits per heavy atom. The van der Waals surface area contributed by atoms with Crippen molar-refractivity contribution >= 4 is 17.7 Å². The minimum Gasteiger partial charge on any atom is -0.366 e. The summed E-state index contributed by atoms with van der Waals surface area (Å²) in [6.07, 6.45) is 0.231. The fourth-order valence-electron chi connectivity index (χ4n) is 2.12. The van der Waals surface area contributed by atoms with E-state index in [0.717, 1.165) is 11.1 Å². The van der Waals surface area contributed by atoms with Crippen LogP contribution in [0.25, 0.3) is 0 Å². The van der Waals surface area contributed by atoms with Crippen LogP contribution in [0.3, 0.4) is 0 Å². The molecule has 0 unspecified atom stereocenters. The maximum Gasteiger partial charge on any atom is 0.248 e. The van der Waals surface area contributed by atoms with E-state index in [1.807, 2.05) is 30.3 Å².